The van der Waals surface area contributed by atoms with Crippen LogP contribution in [0.4, 0.5) is 10.5 Å². The van der Waals surface area contributed by atoms with E-state index in [0.29, 0.717) is 6.04 Å². The summed E-state index contributed by atoms with van der Waals surface area (Å²) in [5.74, 6) is 0. The first-order valence-electron chi connectivity index (χ1n) is 10.3. The zero-order valence-electron chi connectivity index (χ0n) is 16.7. The zero-order chi connectivity index (χ0) is 19.3. The summed E-state index contributed by atoms with van der Waals surface area (Å²) in [6.45, 7) is 6.13. The van der Waals surface area contributed by atoms with Gasteiger partial charge in [-0.2, -0.15) is 0 Å². The minimum absolute atomic E-state index is 0.0217. The second-order valence-corrected chi connectivity index (χ2v) is 8.02. The normalized spacial score (nSPS) is 21.0. The van der Waals surface area contributed by atoms with E-state index in [9.17, 15) is 4.79 Å². The molecular weight excluding hydrogens is 348 g/mol. The van der Waals surface area contributed by atoms with Gasteiger partial charge in [0.15, 0.2) is 0 Å². The van der Waals surface area contributed by atoms with Crippen molar-refractivity contribution in [3.8, 4) is 0 Å². The van der Waals surface area contributed by atoms with E-state index in [1.807, 2.05) is 23.1 Å². The molecule has 2 heterocycles. The smallest absolute Gasteiger partial charge is 0.321 e. The van der Waals surface area contributed by atoms with Crippen molar-refractivity contribution in [3.05, 3.63) is 65.7 Å². The Hall–Kier alpha value is -2.37. The van der Waals surface area contributed by atoms with Gasteiger partial charge in [0.1, 0.15) is 0 Å². The van der Waals surface area contributed by atoms with Crippen LogP contribution in [0.3, 0.4) is 0 Å². The summed E-state index contributed by atoms with van der Waals surface area (Å²) in [6.07, 6.45) is 1.95. The number of carbonyl (C=O) groups excluding carboxylic acids is 1. The number of piperazine rings is 1. The summed E-state index contributed by atoms with van der Waals surface area (Å²) in [5, 5.41) is 3.10. The molecule has 1 unspecified atom stereocenters. The number of hydrogen-bond donors (Lipinski definition) is 1. The second-order valence-electron chi connectivity index (χ2n) is 8.02. The van der Waals surface area contributed by atoms with Crippen LogP contribution >= 0.6 is 0 Å². The molecule has 0 spiro atoms. The Labute approximate surface area is 167 Å². The van der Waals surface area contributed by atoms with E-state index in [1.54, 1.807) is 0 Å². The molecule has 0 bridgehead atoms. The molecule has 0 saturated carbocycles. The van der Waals surface area contributed by atoms with Crippen molar-refractivity contribution >= 4 is 11.7 Å². The third-order valence-electron chi connectivity index (χ3n) is 5.93. The maximum atomic E-state index is 12.8. The Bertz CT molecular complexity index is 786. The number of carbonyl (C=O) groups is 1. The lowest BCUT2D eigenvalue weighted by atomic mass is 10.0. The van der Waals surface area contributed by atoms with Crippen molar-refractivity contribution in [2.45, 2.75) is 18.9 Å². The van der Waals surface area contributed by atoms with E-state index in [4.69, 9.17) is 0 Å². The van der Waals surface area contributed by atoms with Crippen LogP contribution in [-0.4, -0.2) is 73.1 Å². The fraction of sp³-hybridized carbons (Fsp3) is 0.435. The van der Waals surface area contributed by atoms with Crippen LogP contribution in [0, 0.1) is 0 Å². The van der Waals surface area contributed by atoms with Crippen molar-refractivity contribution in [1.29, 1.82) is 0 Å². The Morgan fingerprint density at radius 2 is 1.71 bits per heavy atom. The highest BCUT2D eigenvalue weighted by molar-refractivity contribution is 5.89. The molecule has 2 amide bonds. The van der Waals surface area contributed by atoms with Gasteiger partial charge in [0.05, 0.1) is 0 Å². The molecule has 148 valence electrons. The van der Waals surface area contributed by atoms with Crippen molar-refractivity contribution in [1.82, 2.24) is 14.7 Å². The SMILES string of the molecule is CN1CCN(C2CCN(C(=O)Nc3cccc(Cc4ccccc4)c3)C2)CC1. The Balaban J connectivity index is 1.32. The molecule has 2 aliphatic heterocycles. The molecule has 28 heavy (non-hydrogen) atoms. The molecule has 2 saturated heterocycles. The van der Waals surface area contributed by atoms with Crippen molar-refractivity contribution in [2.75, 3.05) is 51.6 Å². The number of urea groups is 1. The van der Waals surface area contributed by atoms with Gasteiger partial charge < -0.3 is 15.1 Å². The highest BCUT2D eigenvalue weighted by atomic mass is 16.2. The van der Waals surface area contributed by atoms with Gasteiger partial charge in [-0.05, 0) is 43.1 Å². The van der Waals surface area contributed by atoms with Gasteiger partial charge in [0, 0.05) is 51.0 Å². The lowest BCUT2D eigenvalue weighted by Gasteiger charge is -2.36. The lowest BCUT2D eigenvalue weighted by Crippen LogP contribution is -2.50. The molecule has 0 aromatic heterocycles. The summed E-state index contributed by atoms with van der Waals surface area (Å²) in [6, 6.07) is 19.1. The maximum Gasteiger partial charge on any atom is 0.321 e. The molecule has 0 aliphatic carbocycles. The minimum Gasteiger partial charge on any atom is -0.323 e. The van der Waals surface area contributed by atoms with Crippen LogP contribution in [0.15, 0.2) is 54.6 Å². The van der Waals surface area contributed by atoms with Crippen LogP contribution in [0.25, 0.3) is 0 Å². The number of likely N-dealkylation sites (N-methyl/N-ethyl adjacent to an activating group) is 1. The average molecular weight is 379 g/mol. The van der Waals surface area contributed by atoms with Crippen LogP contribution in [-0.2, 0) is 6.42 Å². The number of benzene rings is 2. The molecule has 0 radical (unpaired) electrons. The van der Waals surface area contributed by atoms with Crippen LogP contribution < -0.4 is 5.32 Å². The van der Waals surface area contributed by atoms with Crippen molar-refractivity contribution < 1.29 is 4.79 Å². The van der Waals surface area contributed by atoms with Crippen molar-refractivity contribution in [2.24, 2.45) is 0 Å². The average Bonchev–Trinajstić information content (AvgIpc) is 3.20. The predicted molar refractivity (Wildman–Crippen MR) is 114 cm³/mol. The van der Waals surface area contributed by atoms with Gasteiger partial charge in [-0.15, -0.1) is 0 Å². The Morgan fingerprint density at radius 1 is 0.964 bits per heavy atom. The summed E-state index contributed by atoms with van der Waals surface area (Å²) in [5.41, 5.74) is 3.36. The minimum atomic E-state index is 0.0217. The summed E-state index contributed by atoms with van der Waals surface area (Å²) < 4.78 is 0. The zero-order valence-corrected chi connectivity index (χ0v) is 16.7. The van der Waals surface area contributed by atoms with E-state index in [0.717, 1.165) is 57.8 Å². The molecule has 2 fully saturated rings. The predicted octanol–water partition coefficient (Wildman–Crippen LogP) is 3.13. The number of hydrogen-bond acceptors (Lipinski definition) is 3. The van der Waals surface area contributed by atoms with Gasteiger partial charge in [0.2, 0.25) is 0 Å². The molecule has 5 heteroatoms. The first-order chi connectivity index (χ1) is 13.7. The number of amides is 2. The van der Waals surface area contributed by atoms with Crippen LogP contribution in [0.2, 0.25) is 0 Å². The van der Waals surface area contributed by atoms with E-state index in [-0.39, 0.29) is 6.03 Å². The molecule has 2 aromatic rings. The summed E-state index contributed by atoms with van der Waals surface area (Å²) >= 11 is 0. The lowest BCUT2D eigenvalue weighted by molar-refractivity contribution is 0.115. The van der Waals surface area contributed by atoms with Gasteiger partial charge >= 0.3 is 6.03 Å². The molecule has 4 rings (SSSR count). The topological polar surface area (TPSA) is 38.8 Å². The molecule has 1 N–H and O–H groups in total. The summed E-state index contributed by atoms with van der Waals surface area (Å²) in [7, 11) is 2.18. The highest BCUT2D eigenvalue weighted by Gasteiger charge is 2.31. The highest BCUT2D eigenvalue weighted by Crippen LogP contribution is 2.20. The quantitative estimate of drug-likeness (QED) is 0.888. The van der Waals surface area contributed by atoms with Gasteiger partial charge in [-0.1, -0.05) is 42.5 Å². The molecule has 2 aliphatic rings. The first-order valence-corrected chi connectivity index (χ1v) is 10.3. The number of likely N-dealkylation sites (tertiary alicyclic amines) is 1. The standard InChI is InChI=1S/C23H30N4O/c1-25-12-14-26(15-13-25)22-10-11-27(18-22)23(28)24-21-9-5-8-20(17-21)16-19-6-3-2-4-7-19/h2-9,17,22H,10-16,18H2,1H3,(H,24,28). The number of anilines is 1. The van der Waals surface area contributed by atoms with Crippen molar-refractivity contribution in [3.63, 3.8) is 0 Å². The fourth-order valence-electron chi connectivity index (χ4n) is 4.20. The van der Waals surface area contributed by atoms with E-state index < -0.39 is 0 Å². The number of nitrogens with zero attached hydrogens (tertiary/aromatic N) is 3. The Kier molecular flexibility index (Phi) is 5.93. The molecule has 1 atom stereocenters. The van der Waals surface area contributed by atoms with Gasteiger partial charge in [-0.25, -0.2) is 4.79 Å². The van der Waals surface area contributed by atoms with E-state index in [1.165, 1.54) is 11.1 Å². The fourth-order valence-corrected chi connectivity index (χ4v) is 4.20. The Morgan fingerprint density at radius 3 is 2.50 bits per heavy atom. The molecule has 2 aromatic carbocycles. The molecule has 5 nitrogen and oxygen atoms in total. The number of nitrogens with one attached hydrogen (secondary N) is 1. The van der Waals surface area contributed by atoms with Gasteiger partial charge in [0.25, 0.3) is 0 Å². The van der Waals surface area contributed by atoms with E-state index >= 15 is 0 Å². The second kappa shape index (κ2) is 8.76. The number of rotatable bonds is 4. The first kappa shape index (κ1) is 19.0. The molecular formula is C23H30N4O. The third kappa shape index (κ3) is 4.72. The van der Waals surface area contributed by atoms with E-state index in [2.05, 4.69) is 58.6 Å². The third-order valence-corrected chi connectivity index (χ3v) is 5.93. The largest absolute Gasteiger partial charge is 0.323 e. The van der Waals surface area contributed by atoms with Gasteiger partial charge in [-0.3, -0.25) is 4.90 Å². The summed E-state index contributed by atoms with van der Waals surface area (Å²) in [4.78, 5) is 19.6. The maximum absolute atomic E-state index is 12.8. The van der Waals surface area contributed by atoms with Crippen LogP contribution in [0.5, 0.6) is 0 Å². The monoisotopic (exact) mass is 378 g/mol. The van der Waals surface area contributed by atoms with Crippen LogP contribution in [0.1, 0.15) is 17.5 Å².